The van der Waals surface area contributed by atoms with Crippen molar-refractivity contribution in [2.24, 2.45) is 0 Å². The summed E-state index contributed by atoms with van der Waals surface area (Å²) in [7, 11) is 1.48. The lowest BCUT2D eigenvalue weighted by atomic mass is 10.2. The molecule has 15 heavy (non-hydrogen) atoms. The van der Waals surface area contributed by atoms with Crippen molar-refractivity contribution >= 4 is 11.9 Å². The summed E-state index contributed by atoms with van der Waals surface area (Å²) in [5.41, 5.74) is 2.13. The van der Waals surface area contributed by atoms with Crippen LogP contribution in [0.2, 0.25) is 0 Å². The number of hydroxylamine groups is 1. The minimum Gasteiger partial charge on any atom is -0.624 e. The van der Waals surface area contributed by atoms with Crippen LogP contribution in [0, 0.1) is 5.21 Å². The lowest BCUT2D eigenvalue weighted by molar-refractivity contribution is -0.416. The zero-order valence-corrected chi connectivity index (χ0v) is 9.60. The van der Waals surface area contributed by atoms with Crippen LogP contribution < -0.4 is 4.90 Å². The molecule has 0 aliphatic rings. The topological polar surface area (TPSA) is 29.3 Å². The average molecular weight is 206 g/mol. The highest BCUT2D eigenvalue weighted by Crippen LogP contribution is 2.13. The summed E-state index contributed by atoms with van der Waals surface area (Å²) in [5, 5.41) is 10.8. The van der Waals surface area contributed by atoms with Gasteiger partial charge in [0.15, 0.2) is 6.21 Å². The van der Waals surface area contributed by atoms with Crippen LogP contribution in [0.5, 0.6) is 0 Å². The fourth-order valence-corrected chi connectivity index (χ4v) is 1.57. The van der Waals surface area contributed by atoms with E-state index in [-0.39, 0.29) is 0 Å². The van der Waals surface area contributed by atoms with E-state index in [1.807, 2.05) is 24.3 Å². The van der Waals surface area contributed by atoms with Crippen LogP contribution in [-0.2, 0) is 0 Å². The minimum absolute atomic E-state index is 0.812. The molecular weight excluding hydrogens is 188 g/mol. The maximum Gasteiger partial charge on any atom is 0.181 e. The number of benzene rings is 1. The monoisotopic (exact) mass is 206 g/mol. The molecule has 3 nitrogen and oxygen atoms in total. The van der Waals surface area contributed by atoms with Crippen LogP contribution in [0.4, 0.5) is 5.69 Å². The molecule has 0 saturated heterocycles. The average Bonchev–Trinajstić information content (AvgIpc) is 2.21. The van der Waals surface area contributed by atoms with Gasteiger partial charge < -0.3 is 10.1 Å². The van der Waals surface area contributed by atoms with Gasteiger partial charge in [-0.25, -0.2) is 4.74 Å². The van der Waals surface area contributed by atoms with E-state index in [0.717, 1.165) is 23.4 Å². The fourth-order valence-electron chi connectivity index (χ4n) is 1.57. The Morgan fingerprint density at radius 1 is 1.20 bits per heavy atom. The van der Waals surface area contributed by atoms with Gasteiger partial charge in [0.05, 0.1) is 0 Å². The highest BCUT2D eigenvalue weighted by Gasteiger charge is 2.00. The van der Waals surface area contributed by atoms with Crippen LogP contribution >= 0.6 is 0 Å². The third-order valence-electron chi connectivity index (χ3n) is 2.35. The van der Waals surface area contributed by atoms with Crippen molar-refractivity contribution in [2.75, 3.05) is 25.0 Å². The van der Waals surface area contributed by atoms with Gasteiger partial charge in [-0.15, -0.1) is 0 Å². The quantitative estimate of drug-likeness (QED) is 0.327. The third-order valence-corrected chi connectivity index (χ3v) is 2.35. The molecule has 0 aliphatic carbocycles. The number of nitrogens with zero attached hydrogens (tertiary/aromatic N) is 2. The van der Waals surface area contributed by atoms with Crippen LogP contribution in [0.15, 0.2) is 24.3 Å². The molecule has 82 valence electrons. The zero-order chi connectivity index (χ0) is 11.3. The van der Waals surface area contributed by atoms with Crippen molar-refractivity contribution in [1.82, 2.24) is 0 Å². The molecule has 1 aromatic carbocycles. The van der Waals surface area contributed by atoms with E-state index in [4.69, 9.17) is 0 Å². The first-order valence-corrected chi connectivity index (χ1v) is 5.27. The molecule has 0 aromatic heterocycles. The van der Waals surface area contributed by atoms with Gasteiger partial charge >= 0.3 is 0 Å². The second kappa shape index (κ2) is 5.39. The summed E-state index contributed by atoms with van der Waals surface area (Å²) in [6.45, 7) is 6.27. The van der Waals surface area contributed by atoms with E-state index < -0.39 is 0 Å². The van der Waals surface area contributed by atoms with Crippen molar-refractivity contribution < 1.29 is 4.74 Å². The summed E-state index contributed by atoms with van der Waals surface area (Å²) >= 11 is 0. The van der Waals surface area contributed by atoms with Gasteiger partial charge in [-0.3, -0.25) is 0 Å². The Bertz CT molecular complexity index is 322. The number of hydrogen-bond donors (Lipinski definition) is 0. The first-order valence-electron chi connectivity index (χ1n) is 5.27. The van der Waals surface area contributed by atoms with Gasteiger partial charge in [0.2, 0.25) is 0 Å². The fraction of sp³-hybridized carbons (Fsp3) is 0.417. The maximum absolute atomic E-state index is 10.8. The molecule has 1 aromatic rings. The Morgan fingerprint density at radius 3 is 2.13 bits per heavy atom. The van der Waals surface area contributed by atoms with E-state index in [1.54, 1.807) is 6.21 Å². The van der Waals surface area contributed by atoms with E-state index in [2.05, 4.69) is 18.7 Å². The molecule has 0 radical (unpaired) electrons. The first kappa shape index (κ1) is 11.6. The molecule has 0 fully saturated rings. The van der Waals surface area contributed by atoms with Gasteiger partial charge in [-0.1, -0.05) is 0 Å². The zero-order valence-electron chi connectivity index (χ0n) is 9.60. The van der Waals surface area contributed by atoms with Gasteiger partial charge in [-0.2, -0.15) is 0 Å². The van der Waals surface area contributed by atoms with E-state index >= 15 is 0 Å². The molecule has 0 saturated carbocycles. The molecule has 3 heteroatoms. The highest BCUT2D eigenvalue weighted by atomic mass is 16.5. The summed E-state index contributed by atoms with van der Waals surface area (Å²) in [4.78, 5) is 2.27. The minimum atomic E-state index is 0.812. The Balaban J connectivity index is 2.84. The highest BCUT2D eigenvalue weighted by molar-refractivity contribution is 5.76. The summed E-state index contributed by atoms with van der Waals surface area (Å²) in [5.74, 6) is 0. The molecule has 1 rings (SSSR count). The standard InChI is InChI=1S/C12H18N2O/c1-4-14(5-2)12-8-6-11(7-9-12)10-13(3)15/h6-10H,4-5H2,1-3H3. The van der Waals surface area contributed by atoms with Crippen LogP contribution in [0.3, 0.4) is 0 Å². The molecule has 0 atom stereocenters. The SMILES string of the molecule is CCN(CC)c1ccc(C=[N+](C)[O-])cc1. The predicted molar refractivity (Wildman–Crippen MR) is 64.7 cm³/mol. The smallest absolute Gasteiger partial charge is 0.181 e. The largest absolute Gasteiger partial charge is 0.624 e. The van der Waals surface area contributed by atoms with Gasteiger partial charge in [-0.05, 0) is 38.1 Å². The number of hydrogen-bond acceptors (Lipinski definition) is 2. The Hall–Kier alpha value is -1.51. The van der Waals surface area contributed by atoms with Crippen LogP contribution in [0.1, 0.15) is 19.4 Å². The Kier molecular flexibility index (Phi) is 4.16. The lowest BCUT2D eigenvalue weighted by Gasteiger charge is -2.20. The van der Waals surface area contributed by atoms with Gasteiger partial charge in [0, 0.05) is 24.3 Å². The first-order chi connectivity index (χ1) is 7.17. The molecule has 0 bridgehead atoms. The van der Waals surface area contributed by atoms with Crippen molar-refractivity contribution in [3.8, 4) is 0 Å². The molecule has 0 amide bonds. The van der Waals surface area contributed by atoms with Crippen LogP contribution in [-0.4, -0.2) is 31.1 Å². The third kappa shape index (κ3) is 3.27. The van der Waals surface area contributed by atoms with Crippen molar-refractivity contribution in [3.05, 3.63) is 35.0 Å². The molecule has 0 spiro atoms. The second-order valence-electron chi connectivity index (χ2n) is 3.44. The van der Waals surface area contributed by atoms with Crippen molar-refractivity contribution in [2.45, 2.75) is 13.8 Å². The Labute approximate surface area is 91.2 Å². The lowest BCUT2D eigenvalue weighted by Crippen LogP contribution is -2.21. The maximum atomic E-state index is 10.8. The summed E-state index contributed by atoms with van der Waals surface area (Å²) < 4.78 is 0.812. The van der Waals surface area contributed by atoms with Crippen molar-refractivity contribution in [3.63, 3.8) is 0 Å². The summed E-state index contributed by atoms with van der Waals surface area (Å²) in [6.07, 6.45) is 1.56. The normalized spacial score (nSPS) is 11.5. The van der Waals surface area contributed by atoms with Crippen molar-refractivity contribution in [1.29, 1.82) is 0 Å². The molecular formula is C12H18N2O. The molecule has 0 heterocycles. The summed E-state index contributed by atoms with van der Waals surface area (Å²) in [6, 6.07) is 8.01. The van der Waals surface area contributed by atoms with E-state index in [0.29, 0.717) is 0 Å². The molecule has 0 unspecified atom stereocenters. The number of anilines is 1. The van der Waals surface area contributed by atoms with E-state index in [1.165, 1.54) is 12.7 Å². The number of rotatable bonds is 4. The molecule has 0 aliphatic heterocycles. The van der Waals surface area contributed by atoms with Gasteiger partial charge in [0.1, 0.15) is 7.05 Å². The second-order valence-corrected chi connectivity index (χ2v) is 3.44. The van der Waals surface area contributed by atoms with Crippen LogP contribution in [0.25, 0.3) is 0 Å². The molecule has 0 N–H and O–H groups in total. The van der Waals surface area contributed by atoms with Gasteiger partial charge in [0.25, 0.3) is 0 Å². The Morgan fingerprint density at radius 2 is 1.73 bits per heavy atom. The van der Waals surface area contributed by atoms with E-state index in [9.17, 15) is 5.21 Å². The predicted octanol–water partition coefficient (Wildman–Crippen LogP) is 2.09.